The van der Waals surface area contributed by atoms with Gasteiger partial charge in [0.25, 0.3) is 5.91 Å². The molecule has 0 radical (unpaired) electrons. The summed E-state index contributed by atoms with van der Waals surface area (Å²) in [6.07, 6.45) is 3.37. The highest BCUT2D eigenvalue weighted by Gasteiger charge is 2.14. The van der Waals surface area contributed by atoms with Crippen molar-refractivity contribution in [2.24, 2.45) is 0 Å². The number of halogens is 1. The Morgan fingerprint density at radius 3 is 2.39 bits per heavy atom. The van der Waals surface area contributed by atoms with Gasteiger partial charge in [0.05, 0.1) is 18.8 Å². The van der Waals surface area contributed by atoms with E-state index in [1.54, 1.807) is 6.07 Å². The lowest BCUT2D eigenvalue weighted by atomic mass is 10.1. The van der Waals surface area contributed by atoms with E-state index in [1.807, 2.05) is 71.5 Å². The molecule has 2 amide bonds. The quantitative estimate of drug-likeness (QED) is 0.420. The Labute approximate surface area is 196 Å². The maximum atomic E-state index is 12.4. The average molecular weight is 460 g/mol. The number of hydrogen-bond acceptors (Lipinski definition) is 4. The van der Waals surface area contributed by atoms with Crippen LogP contribution in [0.5, 0.6) is 0 Å². The van der Waals surface area contributed by atoms with Gasteiger partial charge in [-0.3, -0.25) is 19.3 Å². The molecule has 2 aromatic heterocycles. The van der Waals surface area contributed by atoms with Crippen LogP contribution in [0.4, 0.5) is 0 Å². The predicted octanol–water partition coefficient (Wildman–Crippen LogP) is 3.69. The number of carbonyl (C=O) groups excluding carboxylic acids is 2. The van der Waals surface area contributed by atoms with Gasteiger partial charge < -0.3 is 10.6 Å². The van der Waals surface area contributed by atoms with Gasteiger partial charge in [0, 0.05) is 35.1 Å². The molecule has 33 heavy (non-hydrogen) atoms. The zero-order valence-electron chi connectivity index (χ0n) is 17.7. The van der Waals surface area contributed by atoms with Crippen LogP contribution in [0.2, 0.25) is 5.02 Å². The molecule has 4 aromatic rings. The first-order valence-electron chi connectivity index (χ1n) is 10.4. The lowest BCUT2D eigenvalue weighted by molar-refractivity contribution is -0.120. The van der Waals surface area contributed by atoms with Crippen LogP contribution in [0.1, 0.15) is 21.6 Å². The van der Waals surface area contributed by atoms with Gasteiger partial charge in [0.2, 0.25) is 5.91 Å². The Bertz CT molecular complexity index is 1240. The summed E-state index contributed by atoms with van der Waals surface area (Å²) in [4.78, 5) is 28.5. The van der Waals surface area contributed by atoms with E-state index in [1.165, 1.54) is 12.3 Å². The first kappa shape index (κ1) is 22.2. The molecule has 0 aliphatic carbocycles. The standard InChI is InChI=1S/C25H22ClN5O2/c26-21-11-12-27-22(13-21)25(33)29-15-23(32)28-14-20-17-31(16-18-7-3-1-4-8-18)30-24(20)19-9-5-2-6-10-19/h1-13,17H,14-16H2,(H,28,32)(H,29,33). The van der Waals surface area contributed by atoms with Crippen molar-refractivity contribution in [1.82, 2.24) is 25.4 Å². The second-order valence-corrected chi connectivity index (χ2v) is 7.81. The normalized spacial score (nSPS) is 10.6. The van der Waals surface area contributed by atoms with E-state index >= 15 is 0 Å². The topological polar surface area (TPSA) is 88.9 Å². The summed E-state index contributed by atoms with van der Waals surface area (Å²) >= 11 is 5.88. The van der Waals surface area contributed by atoms with Gasteiger partial charge in [0.15, 0.2) is 0 Å². The predicted molar refractivity (Wildman–Crippen MR) is 127 cm³/mol. The summed E-state index contributed by atoms with van der Waals surface area (Å²) < 4.78 is 1.87. The third kappa shape index (κ3) is 6.05. The van der Waals surface area contributed by atoms with Crippen LogP contribution in [0.15, 0.2) is 85.2 Å². The summed E-state index contributed by atoms with van der Waals surface area (Å²) in [6, 6.07) is 22.9. The Balaban J connectivity index is 1.42. The van der Waals surface area contributed by atoms with Crippen molar-refractivity contribution in [3.63, 3.8) is 0 Å². The van der Waals surface area contributed by atoms with Gasteiger partial charge in [-0.2, -0.15) is 5.10 Å². The molecule has 4 rings (SSSR count). The van der Waals surface area contributed by atoms with E-state index in [2.05, 4.69) is 15.6 Å². The van der Waals surface area contributed by atoms with Gasteiger partial charge in [-0.1, -0.05) is 72.3 Å². The summed E-state index contributed by atoms with van der Waals surface area (Å²) in [6.45, 7) is 0.728. The van der Waals surface area contributed by atoms with Gasteiger partial charge >= 0.3 is 0 Å². The number of rotatable bonds is 8. The summed E-state index contributed by atoms with van der Waals surface area (Å²) in [7, 11) is 0. The zero-order chi connectivity index (χ0) is 23.0. The molecular formula is C25H22ClN5O2. The molecule has 0 saturated heterocycles. The largest absolute Gasteiger partial charge is 0.350 e. The molecule has 0 bridgehead atoms. The van der Waals surface area contributed by atoms with Crippen LogP contribution in [-0.2, 0) is 17.9 Å². The highest BCUT2D eigenvalue weighted by molar-refractivity contribution is 6.30. The Morgan fingerprint density at radius 1 is 0.939 bits per heavy atom. The number of pyridine rings is 1. The fourth-order valence-corrected chi connectivity index (χ4v) is 3.48. The number of carbonyl (C=O) groups is 2. The smallest absolute Gasteiger partial charge is 0.270 e. The fourth-order valence-electron chi connectivity index (χ4n) is 3.32. The van der Waals surface area contributed by atoms with Crippen molar-refractivity contribution in [2.75, 3.05) is 6.54 Å². The number of nitrogens with one attached hydrogen (secondary N) is 2. The van der Waals surface area contributed by atoms with Crippen molar-refractivity contribution < 1.29 is 9.59 Å². The van der Waals surface area contributed by atoms with Crippen LogP contribution in [0.25, 0.3) is 11.3 Å². The van der Waals surface area contributed by atoms with E-state index in [0.717, 1.165) is 22.4 Å². The Morgan fingerprint density at radius 2 is 1.67 bits per heavy atom. The molecule has 7 nitrogen and oxygen atoms in total. The van der Waals surface area contributed by atoms with Crippen molar-refractivity contribution >= 4 is 23.4 Å². The van der Waals surface area contributed by atoms with Crippen LogP contribution < -0.4 is 10.6 Å². The number of benzene rings is 2. The molecule has 0 atom stereocenters. The minimum Gasteiger partial charge on any atom is -0.350 e. The molecule has 2 N–H and O–H groups in total. The number of nitrogens with zero attached hydrogens (tertiary/aromatic N) is 3. The van der Waals surface area contributed by atoms with E-state index < -0.39 is 5.91 Å². The fraction of sp³-hybridized carbons (Fsp3) is 0.120. The summed E-state index contributed by atoms with van der Waals surface area (Å²) in [5.74, 6) is -0.784. The summed E-state index contributed by atoms with van der Waals surface area (Å²) in [5.41, 5.74) is 3.94. The molecule has 2 aromatic carbocycles. The maximum absolute atomic E-state index is 12.4. The van der Waals surface area contributed by atoms with Gasteiger partial charge in [-0.25, -0.2) is 0 Å². The molecule has 0 spiro atoms. The number of amides is 2. The molecule has 2 heterocycles. The highest BCUT2D eigenvalue weighted by atomic mass is 35.5. The molecule has 0 aliphatic rings. The molecule has 8 heteroatoms. The highest BCUT2D eigenvalue weighted by Crippen LogP contribution is 2.22. The second-order valence-electron chi connectivity index (χ2n) is 7.37. The molecule has 0 fully saturated rings. The minimum atomic E-state index is -0.465. The molecular weight excluding hydrogens is 438 g/mol. The van der Waals surface area contributed by atoms with Crippen molar-refractivity contribution in [2.45, 2.75) is 13.1 Å². The van der Waals surface area contributed by atoms with Gasteiger partial charge in [0.1, 0.15) is 5.69 Å². The van der Waals surface area contributed by atoms with Gasteiger partial charge in [-0.15, -0.1) is 0 Å². The Kier molecular flexibility index (Phi) is 7.12. The lowest BCUT2D eigenvalue weighted by Gasteiger charge is -2.07. The Hall–Kier alpha value is -3.97. The first-order valence-corrected chi connectivity index (χ1v) is 10.8. The van der Waals surface area contributed by atoms with Crippen molar-refractivity contribution in [3.05, 3.63) is 107 Å². The number of aromatic nitrogens is 3. The lowest BCUT2D eigenvalue weighted by Crippen LogP contribution is -2.36. The van der Waals surface area contributed by atoms with Crippen molar-refractivity contribution in [1.29, 1.82) is 0 Å². The van der Waals surface area contributed by atoms with E-state index in [9.17, 15) is 9.59 Å². The van der Waals surface area contributed by atoms with E-state index in [-0.39, 0.29) is 24.7 Å². The van der Waals surface area contributed by atoms with Crippen LogP contribution in [0, 0.1) is 0 Å². The minimum absolute atomic E-state index is 0.156. The monoisotopic (exact) mass is 459 g/mol. The van der Waals surface area contributed by atoms with E-state index in [4.69, 9.17) is 16.7 Å². The van der Waals surface area contributed by atoms with Crippen LogP contribution in [0.3, 0.4) is 0 Å². The summed E-state index contributed by atoms with van der Waals surface area (Å²) in [5, 5.41) is 10.6. The van der Waals surface area contributed by atoms with Crippen LogP contribution in [-0.4, -0.2) is 33.1 Å². The van der Waals surface area contributed by atoms with Gasteiger partial charge in [-0.05, 0) is 17.7 Å². The average Bonchev–Trinajstić information content (AvgIpc) is 3.25. The maximum Gasteiger partial charge on any atom is 0.270 e. The number of hydrogen-bond donors (Lipinski definition) is 2. The van der Waals surface area contributed by atoms with Crippen LogP contribution >= 0.6 is 11.6 Å². The third-order valence-corrected chi connectivity index (χ3v) is 5.15. The molecule has 0 saturated carbocycles. The SMILES string of the molecule is O=C(CNC(=O)c1cc(Cl)ccn1)NCc1cn(Cc2ccccc2)nc1-c1ccccc1. The third-order valence-electron chi connectivity index (χ3n) is 4.91. The molecule has 166 valence electrons. The molecule has 0 aliphatic heterocycles. The van der Waals surface area contributed by atoms with E-state index in [0.29, 0.717) is 11.6 Å². The second kappa shape index (κ2) is 10.6. The first-order chi connectivity index (χ1) is 16.1. The molecule has 0 unspecified atom stereocenters. The van der Waals surface area contributed by atoms with Crippen molar-refractivity contribution in [3.8, 4) is 11.3 Å². The zero-order valence-corrected chi connectivity index (χ0v) is 18.5.